The van der Waals surface area contributed by atoms with Crippen molar-refractivity contribution in [2.75, 3.05) is 39.8 Å². The Morgan fingerprint density at radius 1 is 1.13 bits per heavy atom. The van der Waals surface area contributed by atoms with E-state index < -0.39 is 23.3 Å². The number of halogens is 4. The number of nitrogens with zero attached hydrogens (tertiary/aromatic N) is 1. The largest absolute Gasteiger partial charge is 0.497 e. The Bertz CT molecular complexity index is 776. The number of rotatable bonds is 8. The van der Waals surface area contributed by atoms with Gasteiger partial charge >= 0.3 is 6.18 Å². The third-order valence-corrected chi connectivity index (χ3v) is 5.62. The number of benzene rings is 1. The molecule has 2 N–H and O–H groups in total. The van der Waals surface area contributed by atoms with E-state index in [1.807, 2.05) is 0 Å². The summed E-state index contributed by atoms with van der Waals surface area (Å²) in [6.45, 7) is 4.20. The lowest BCUT2D eigenvalue weighted by Gasteiger charge is -2.32. The van der Waals surface area contributed by atoms with Gasteiger partial charge in [-0.3, -0.25) is 9.59 Å². The van der Waals surface area contributed by atoms with Gasteiger partial charge < -0.3 is 20.3 Å². The van der Waals surface area contributed by atoms with Crippen LogP contribution < -0.4 is 15.4 Å². The minimum atomic E-state index is -4.60. The van der Waals surface area contributed by atoms with Crippen molar-refractivity contribution in [2.45, 2.75) is 32.9 Å². The maximum absolute atomic E-state index is 13.5. The van der Waals surface area contributed by atoms with Crippen molar-refractivity contribution >= 4 is 11.8 Å². The number of piperidine rings is 1. The summed E-state index contributed by atoms with van der Waals surface area (Å²) in [4.78, 5) is 26.1. The maximum atomic E-state index is 13.5. The van der Waals surface area contributed by atoms with Gasteiger partial charge in [0.05, 0.1) is 7.11 Å². The van der Waals surface area contributed by atoms with Crippen LogP contribution in [0, 0.1) is 17.2 Å². The Morgan fingerprint density at radius 3 is 2.35 bits per heavy atom. The molecule has 2 rings (SSSR count). The monoisotopic (exact) mass is 447 g/mol. The molecule has 0 saturated carbocycles. The number of hydrogen-bond acceptors (Lipinski definition) is 4. The lowest BCUT2D eigenvalue weighted by molar-refractivity contribution is -0.211. The van der Waals surface area contributed by atoms with Gasteiger partial charge in [0.25, 0.3) is 5.91 Å². The summed E-state index contributed by atoms with van der Waals surface area (Å²) in [7, 11) is 1.40. The first-order chi connectivity index (χ1) is 14.4. The molecule has 0 unspecified atom stereocenters. The van der Waals surface area contributed by atoms with Crippen molar-refractivity contribution in [1.82, 2.24) is 15.5 Å². The van der Waals surface area contributed by atoms with Crippen LogP contribution in [-0.2, 0) is 4.79 Å². The molecule has 0 atom stereocenters. The van der Waals surface area contributed by atoms with Gasteiger partial charge in [0.1, 0.15) is 17.0 Å². The summed E-state index contributed by atoms with van der Waals surface area (Å²) in [5.41, 5.74) is -2.24. The number of carbonyl (C=O) groups excluding carboxylic acids is 2. The first kappa shape index (κ1) is 24.9. The van der Waals surface area contributed by atoms with Gasteiger partial charge in [0.2, 0.25) is 5.91 Å². The van der Waals surface area contributed by atoms with Gasteiger partial charge in [-0.15, -0.1) is 0 Å². The number of alkyl halides is 3. The molecular weight excluding hydrogens is 418 g/mol. The molecule has 10 heteroatoms. The lowest BCUT2D eigenvalue weighted by atomic mass is 9.91. The molecule has 1 heterocycles. The van der Waals surface area contributed by atoms with Gasteiger partial charge in [0, 0.05) is 31.3 Å². The van der Waals surface area contributed by atoms with Crippen molar-refractivity contribution in [3.63, 3.8) is 0 Å². The van der Waals surface area contributed by atoms with E-state index in [1.54, 1.807) is 0 Å². The van der Waals surface area contributed by atoms with Crippen LogP contribution in [0.15, 0.2) is 18.2 Å². The van der Waals surface area contributed by atoms with Gasteiger partial charge in [0.15, 0.2) is 0 Å². The van der Waals surface area contributed by atoms with E-state index in [2.05, 4.69) is 15.5 Å². The van der Waals surface area contributed by atoms with Crippen molar-refractivity contribution in [3.8, 4) is 5.75 Å². The predicted octanol–water partition coefficient (Wildman–Crippen LogP) is 2.98. The minimum Gasteiger partial charge on any atom is -0.497 e. The molecule has 1 aromatic rings. The van der Waals surface area contributed by atoms with E-state index in [0.29, 0.717) is 26.2 Å². The van der Waals surface area contributed by atoms with E-state index >= 15 is 0 Å². The Labute approximate surface area is 179 Å². The molecule has 1 aliphatic heterocycles. The van der Waals surface area contributed by atoms with E-state index in [0.717, 1.165) is 32.8 Å². The second-order valence-electron chi connectivity index (χ2n) is 8.25. The van der Waals surface area contributed by atoms with E-state index in [1.165, 1.54) is 19.2 Å². The standard InChI is InChI=1S/C21H29F4N3O3/c1-20(2,21(23,24)25)19(30)26-6-9-28-7-4-14(5-8-28)13-27-18(29)15-10-16(22)12-17(11-15)31-3/h10-12,14H,4-9,13H2,1-3H3,(H,26,30)(H,27,29). The summed E-state index contributed by atoms with van der Waals surface area (Å²) in [5, 5.41) is 5.17. The van der Waals surface area contributed by atoms with Crippen LogP contribution in [0.2, 0.25) is 0 Å². The number of methoxy groups -OCH3 is 1. The van der Waals surface area contributed by atoms with Crippen molar-refractivity contribution in [1.29, 1.82) is 0 Å². The van der Waals surface area contributed by atoms with E-state index in [-0.39, 0.29) is 29.7 Å². The molecule has 0 radical (unpaired) electrons. The van der Waals surface area contributed by atoms with Gasteiger partial charge in [-0.1, -0.05) is 0 Å². The van der Waals surface area contributed by atoms with Crippen LogP contribution in [0.25, 0.3) is 0 Å². The van der Waals surface area contributed by atoms with Crippen LogP contribution in [0.4, 0.5) is 17.6 Å². The quantitative estimate of drug-likeness (QED) is 0.602. The van der Waals surface area contributed by atoms with Crippen molar-refractivity contribution < 1.29 is 31.9 Å². The number of hydrogen-bond donors (Lipinski definition) is 2. The number of carbonyl (C=O) groups is 2. The number of likely N-dealkylation sites (tertiary alicyclic amines) is 1. The number of nitrogens with one attached hydrogen (secondary N) is 2. The first-order valence-corrected chi connectivity index (χ1v) is 10.1. The predicted molar refractivity (Wildman–Crippen MR) is 107 cm³/mol. The maximum Gasteiger partial charge on any atom is 0.402 e. The molecule has 174 valence electrons. The van der Waals surface area contributed by atoms with Crippen LogP contribution in [0.1, 0.15) is 37.0 Å². The highest BCUT2D eigenvalue weighted by molar-refractivity contribution is 5.94. The third-order valence-electron chi connectivity index (χ3n) is 5.62. The van der Waals surface area contributed by atoms with Crippen molar-refractivity contribution in [3.05, 3.63) is 29.6 Å². The molecule has 1 fully saturated rings. The smallest absolute Gasteiger partial charge is 0.402 e. The first-order valence-electron chi connectivity index (χ1n) is 10.1. The van der Waals surface area contributed by atoms with Crippen molar-refractivity contribution in [2.24, 2.45) is 11.3 Å². The lowest BCUT2D eigenvalue weighted by Crippen LogP contribution is -2.49. The van der Waals surface area contributed by atoms with Gasteiger partial charge in [-0.05, 0) is 57.8 Å². The zero-order valence-electron chi connectivity index (χ0n) is 17.9. The fourth-order valence-electron chi connectivity index (χ4n) is 3.24. The number of amides is 2. The summed E-state index contributed by atoms with van der Waals surface area (Å²) in [5.74, 6) is -1.45. The Hall–Kier alpha value is -2.36. The Balaban J connectivity index is 1.70. The average Bonchev–Trinajstić information content (AvgIpc) is 2.71. The molecule has 1 saturated heterocycles. The molecule has 0 spiro atoms. The number of ether oxygens (including phenoxy) is 1. The van der Waals surface area contributed by atoms with Crippen LogP contribution in [0.5, 0.6) is 5.75 Å². The van der Waals surface area contributed by atoms with Crippen LogP contribution in [0.3, 0.4) is 0 Å². The zero-order valence-corrected chi connectivity index (χ0v) is 17.9. The molecule has 1 aliphatic rings. The summed E-state index contributed by atoms with van der Waals surface area (Å²) >= 11 is 0. The molecule has 0 bridgehead atoms. The highest BCUT2D eigenvalue weighted by Crippen LogP contribution is 2.37. The fraction of sp³-hybridized carbons (Fsp3) is 0.619. The average molecular weight is 447 g/mol. The van der Waals surface area contributed by atoms with E-state index in [9.17, 15) is 27.2 Å². The molecule has 2 amide bonds. The second kappa shape index (κ2) is 10.3. The summed E-state index contributed by atoms with van der Waals surface area (Å²) < 4.78 is 57.1. The van der Waals surface area contributed by atoms with Gasteiger partial charge in [-0.2, -0.15) is 13.2 Å². The Kier molecular flexibility index (Phi) is 8.27. The SMILES string of the molecule is COc1cc(F)cc(C(=O)NCC2CCN(CCNC(=O)C(C)(C)C(F)(F)F)CC2)c1. The van der Waals surface area contributed by atoms with E-state index in [4.69, 9.17) is 4.74 Å². The molecule has 31 heavy (non-hydrogen) atoms. The normalized spacial score (nSPS) is 16.1. The minimum absolute atomic E-state index is 0.140. The summed E-state index contributed by atoms with van der Waals surface area (Å²) in [6, 6.07) is 3.81. The molecular formula is C21H29F4N3O3. The Morgan fingerprint density at radius 2 is 1.77 bits per heavy atom. The van der Waals surface area contributed by atoms with Crippen LogP contribution >= 0.6 is 0 Å². The third kappa shape index (κ3) is 6.81. The highest BCUT2D eigenvalue weighted by atomic mass is 19.4. The zero-order chi connectivity index (χ0) is 23.2. The second-order valence-corrected chi connectivity index (χ2v) is 8.25. The molecule has 0 aromatic heterocycles. The topological polar surface area (TPSA) is 70.7 Å². The molecule has 1 aromatic carbocycles. The summed E-state index contributed by atoms with van der Waals surface area (Å²) in [6.07, 6.45) is -3.00. The molecule has 6 nitrogen and oxygen atoms in total. The van der Waals surface area contributed by atoms with Crippen LogP contribution in [-0.4, -0.2) is 62.7 Å². The fourth-order valence-corrected chi connectivity index (χ4v) is 3.24. The molecule has 0 aliphatic carbocycles. The van der Waals surface area contributed by atoms with Gasteiger partial charge in [-0.25, -0.2) is 4.39 Å². The highest BCUT2D eigenvalue weighted by Gasteiger charge is 2.52.